The van der Waals surface area contributed by atoms with Gasteiger partial charge in [0.25, 0.3) is 0 Å². The lowest BCUT2D eigenvalue weighted by Crippen LogP contribution is -2.01. The maximum atomic E-state index is 11.4. The Labute approximate surface area is 110 Å². The fourth-order valence-electron chi connectivity index (χ4n) is 1.30. The molecule has 0 saturated carbocycles. The summed E-state index contributed by atoms with van der Waals surface area (Å²) in [7, 11) is 0. The molecule has 5 heteroatoms. The van der Waals surface area contributed by atoms with Crippen LogP contribution in [-0.2, 0) is 9.53 Å². The normalized spacial score (nSPS) is 10.4. The van der Waals surface area contributed by atoms with Crippen molar-refractivity contribution in [3.8, 4) is 5.75 Å². The van der Waals surface area contributed by atoms with Crippen LogP contribution in [0.2, 0.25) is 5.02 Å². The molecule has 1 aromatic rings. The Morgan fingerprint density at radius 2 is 2.11 bits per heavy atom. The van der Waals surface area contributed by atoms with Gasteiger partial charge in [-0.2, -0.15) is 0 Å². The van der Waals surface area contributed by atoms with Gasteiger partial charge in [0.2, 0.25) is 0 Å². The van der Waals surface area contributed by atoms with E-state index in [4.69, 9.17) is 16.3 Å². The number of rotatable bonds is 5. The highest BCUT2D eigenvalue weighted by atomic mass is 35.5. The van der Waals surface area contributed by atoms with Gasteiger partial charge in [0, 0.05) is 0 Å². The molecule has 0 aliphatic heterocycles. The molecule has 0 amide bonds. The van der Waals surface area contributed by atoms with Crippen molar-refractivity contribution in [3.63, 3.8) is 0 Å². The smallest absolute Gasteiger partial charge is 0.333 e. The standard InChI is InChI=1S/C13H13ClO4/c1-3-17-12(16)7-8-18-11-6-4-5-10(14)13(11)9(2)15/h4-8H,3H2,1-2H3. The fraction of sp³-hybridized carbons (Fsp3) is 0.231. The Bertz CT molecular complexity index is 480. The lowest BCUT2D eigenvalue weighted by atomic mass is 10.1. The van der Waals surface area contributed by atoms with E-state index >= 15 is 0 Å². The summed E-state index contributed by atoms with van der Waals surface area (Å²) in [5, 5.41) is 0.310. The molecular weight excluding hydrogens is 256 g/mol. The maximum Gasteiger partial charge on any atom is 0.333 e. The van der Waals surface area contributed by atoms with Crippen LogP contribution in [0.4, 0.5) is 0 Å². The molecule has 4 nitrogen and oxygen atoms in total. The zero-order valence-corrected chi connectivity index (χ0v) is 10.9. The van der Waals surface area contributed by atoms with Crippen LogP contribution in [0.3, 0.4) is 0 Å². The number of ketones is 1. The summed E-state index contributed by atoms with van der Waals surface area (Å²) in [6.45, 7) is 3.39. The Morgan fingerprint density at radius 1 is 1.39 bits per heavy atom. The predicted octanol–water partition coefficient (Wildman–Crippen LogP) is 3.00. The van der Waals surface area contributed by atoms with Gasteiger partial charge in [0.1, 0.15) is 5.75 Å². The molecular formula is C13H13ClO4. The average molecular weight is 269 g/mol. The van der Waals surface area contributed by atoms with E-state index < -0.39 is 5.97 Å². The molecule has 0 fully saturated rings. The van der Waals surface area contributed by atoms with Gasteiger partial charge in [-0.3, -0.25) is 4.79 Å². The molecule has 1 aromatic carbocycles. The molecule has 0 unspecified atom stereocenters. The van der Waals surface area contributed by atoms with E-state index in [9.17, 15) is 9.59 Å². The van der Waals surface area contributed by atoms with E-state index in [-0.39, 0.29) is 11.3 Å². The third-order valence-electron chi connectivity index (χ3n) is 2.01. The van der Waals surface area contributed by atoms with Crippen LogP contribution >= 0.6 is 11.6 Å². The van der Waals surface area contributed by atoms with E-state index in [1.807, 2.05) is 0 Å². The average Bonchev–Trinajstić information content (AvgIpc) is 2.28. The van der Waals surface area contributed by atoms with Gasteiger partial charge >= 0.3 is 5.97 Å². The summed E-state index contributed by atoms with van der Waals surface area (Å²) >= 11 is 5.90. The van der Waals surface area contributed by atoms with Gasteiger partial charge in [-0.1, -0.05) is 17.7 Å². The quantitative estimate of drug-likeness (QED) is 0.356. The van der Waals surface area contributed by atoms with E-state index in [0.29, 0.717) is 17.4 Å². The molecule has 0 spiro atoms. The van der Waals surface area contributed by atoms with Gasteiger partial charge < -0.3 is 9.47 Å². The summed E-state index contributed by atoms with van der Waals surface area (Å²) in [6.07, 6.45) is 2.30. The minimum Gasteiger partial charge on any atom is -0.464 e. The predicted molar refractivity (Wildman–Crippen MR) is 67.9 cm³/mol. The van der Waals surface area contributed by atoms with Crippen molar-refractivity contribution in [3.05, 3.63) is 41.1 Å². The minimum absolute atomic E-state index is 0.208. The molecule has 18 heavy (non-hydrogen) atoms. The number of hydrogen-bond donors (Lipinski definition) is 0. The van der Waals surface area contributed by atoms with Crippen molar-refractivity contribution < 1.29 is 19.1 Å². The number of ether oxygens (including phenoxy) is 2. The lowest BCUT2D eigenvalue weighted by molar-refractivity contribution is -0.137. The summed E-state index contributed by atoms with van der Waals surface area (Å²) < 4.78 is 9.89. The van der Waals surface area contributed by atoms with E-state index in [1.54, 1.807) is 25.1 Å². The van der Waals surface area contributed by atoms with Crippen molar-refractivity contribution in [2.24, 2.45) is 0 Å². The van der Waals surface area contributed by atoms with Crippen LogP contribution in [0.15, 0.2) is 30.5 Å². The van der Waals surface area contributed by atoms with E-state index in [1.165, 1.54) is 6.92 Å². The van der Waals surface area contributed by atoms with Gasteiger partial charge in [-0.25, -0.2) is 4.79 Å². The SMILES string of the molecule is CCOC(=O)C=COc1cccc(Cl)c1C(C)=O. The number of benzene rings is 1. The molecule has 0 aromatic heterocycles. The van der Waals surface area contributed by atoms with Crippen molar-refractivity contribution in [1.29, 1.82) is 0 Å². The summed E-state index contributed by atoms with van der Waals surface area (Å²) in [4.78, 5) is 22.4. The molecule has 96 valence electrons. The third-order valence-corrected chi connectivity index (χ3v) is 2.33. The largest absolute Gasteiger partial charge is 0.464 e. The van der Waals surface area contributed by atoms with Gasteiger partial charge in [-0.15, -0.1) is 0 Å². The third kappa shape index (κ3) is 3.89. The van der Waals surface area contributed by atoms with Crippen molar-refractivity contribution in [1.82, 2.24) is 0 Å². The summed E-state index contributed by atoms with van der Waals surface area (Å²) in [5.74, 6) is -0.417. The van der Waals surface area contributed by atoms with Crippen LogP contribution < -0.4 is 4.74 Å². The molecule has 0 heterocycles. The monoisotopic (exact) mass is 268 g/mol. The molecule has 0 aliphatic rings. The lowest BCUT2D eigenvalue weighted by Gasteiger charge is -2.07. The first-order valence-electron chi connectivity index (χ1n) is 5.35. The van der Waals surface area contributed by atoms with E-state index in [2.05, 4.69) is 4.74 Å². The number of halogens is 1. The zero-order chi connectivity index (χ0) is 13.5. The van der Waals surface area contributed by atoms with Crippen molar-refractivity contribution >= 4 is 23.4 Å². The highest BCUT2D eigenvalue weighted by molar-refractivity contribution is 6.34. The number of carbonyl (C=O) groups is 2. The Hall–Kier alpha value is -1.81. The van der Waals surface area contributed by atoms with Crippen LogP contribution in [0.1, 0.15) is 24.2 Å². The molecule has 0 aliphatic carbocycles. The fourth-order valence-corrected chi connectivity index (χ4v) is 1.60. The second kappa shape index (κ2) is 6.81. The molecule has 0 radical (unpaired) electrons. The zero-order valence-electron chi connectivity index (χ0n) is 10.1. The van der Waals surface area contributed by atoms with Crippen LogP contribution in [0.5, 0.6) is 5.75 Å². The first-order valence-corrected chi connectivity index (χ1v) is 5.73. The van der Waals surface area contributed by atoms with E-state index in [0.717, 1.165) is 12.3 Å². The Kier molecular flexibility index (Phi) is 5.39. The number of carbonyl (C=O) groups excluding carboxylic acids is 2. The molecule has 0 N–H and O–H groups in total. The topological polar surface area (TPSA) is 52.6 Å². The second-order valence-corrected chi connectivity index (χ2v) is 3.75. The highest BCUT2D eigenvalue weighted by Crippen LogP contribution is 2.26. The summed E-state index contributed by atoms with van der Waals surface area (Å²) in [6, 6.07) is 4.85. The number of esters is 1. The second-order valence-electron chi connectivity index (χ2n) is 3.34. The number of Topliss-reactive ketones (excluding diaryl/α,β-unsaturated/α-hetero) is 1. The van der Waals surface area contributed by atoms with Gasteiger partial charge in [0.15, 0.2) is 5.78 Å². The summed E-state index contributed by atoms with van der Waals surface area (Å²) in [5.41, 5.74) is 0.285. The number of hydrogen-bond acceptors (Lipinski definition) is 4. The Balaban J connectivity index is 2.82. The first kappa shape index (κ1) is 14.3. The van der Waals surface area contributed by atoms with Gasteiger partial charge in [0.05, 0.1) is 29.5 Å². The first-order chi connectivity index (χ1) is 8.56. The Morgan fingerprint density at radius 3 is 2.72 bits per heavy atom. The molecule has 0 saturated heterocycles. The van der Waals surface area contributed by atoms with Crippen molar-refractivity contribution in [2.75, 3.05) is 6.61 Å². The van der Waals surface area contributed by atoms with Crippen LogP contribution in [-0.4, -0.2) is 18.4 Å². The van der Waals surface area contributed by atoms with Crippen LogP contribution in [0.25, 0.3) is 0 Å². The molecule has 1 rings (SSSR count). The minimum atomic E-state index is -0.510. The van der Waals surface area contributed by atoms with Crippen molar-refractivity contribution in [2.45, 2.75) is 13.8 Å². The molecule has 0 atom stereocenters. The highest BCUT2D eigenvalue weighted by Gasteiger charge is 2.12. The van der Waals surface area contributed by atoms with Crippen LogP contribution in [0, 0.1) is 0 Å². The maximum absolute atomic E-state index is 11.4. The molecule has 0 bridgehead atoms. The van der Waals surface area contributed by atoms with Gasteiger partial charge in [-0.05, 0) is 26.0 Å².